The van der Waals surface area contributed by atoms with Crippen LogP contribution >= 0.6 is 0 Å². The normalized spacial score (nSPS) is 9.77. The summed E-state index contributed by atoms with van der Waals surface area (Å²) in [6.45, 7) is 3.72. The molecule has 1 rings (SSSR count). The van der Waals surface area contributed by atoms with Crippen LogP contribution in [0.3, 0.4) is 0 Å². The van der Waals surface area contributed by atoms with Crippen molar-refractivity contribution in [2.45, 2.75) is 19.9 Å². The van der Waals surface area contributed by atoms with Crippen LogP contribution in [0.5, 0.6) is 0 Å². The first-order valence-electron chi connectivity index (χ1n) is 3.79. The molecule has 0 aliphatic carbocycles. The fourth-order valence-corrected chi connectivity index (χ4v) is 0.932. The standard InChI is InChI=1S/C7H9N5O/c1-5(2)12-4-3-9-6(7(12)13)10-11-8/h3-5H,1-2H3. The molecule has 0 aliphatic rings. The predicted octanol–water partition coefficient (Wildman–Crippen LogP) is 1.77. The lowest BCUT2D eigenvalue weighted by Crippen LogP contribution is -2.21. The molecule has 0 spiro atoms. The van der Waals surface area contributed by atoms with Crippen LogP contribution in [0.2, 0.25) is 0 Å². The van der Waals surface area contributed by atoms with E-state index in [1.54, 1.807) is 6.20 Å². The van der Waals surface area contributed by atoms with Gasteiger partial charge in [0, 0.05) is 23.3 Å². The van der Waals surface area contributed by atoms with Crippen molar-refractivity contribution in [1.29, 1.82) is 0 Å². The van der Waals surface area contributed by atoms with Crippen LogP contribution in [0.1, 0.15) is 19.9 Å². The lowest BCUT2D eigenvalue weighted by Gasteiger charge is -2.08. The molecule has 0 aliphatic heterocycles. The number of aromatic nitrogens is 2. The summed E-state index contributed by atoms with van der Waals surface area (Å²) in [7, 11) is 0. The molecule has 0 saturated heterocycles. The largest absolute Gasteiger partial charge is 0.310 e. The summed E-state index contributed by atoms with van der Waals surface area (Å²) in [5.41, 5.74) is 7.78. The SMILES string of the molecule is CC(C)n1ccnc(N=[N+]=[N-])c1=O. The second-order valence-electron chi connectivity index (χ2n) is 2.75. The molecule has 0 fully saturated rings. The van der Waals surface area contributed by atoms with Gasteiger partial charge in [-0.05, 0) is 24.5 Å². The van der Waals surface area contributed by atoms with Gasteiger partial charge in [-0.25, -0.2) is 4.98 Å². The number of hydrogen-bond acceptors (Lipinski definition) is 3. The van der Waals surface area contributed by atoms with Gasteiger partial charge in [0.05, 0.1) is 0 Å². The van der Waals surface area contributed by atoms with Crippen molar-refractivity contribution in [3.05, 3.63) is 33.2 Å². The third kappa shape index (κ3) is 1.86. The lowest BCUT2D eigenvalue weighted by atomic mass is 10.4. The van der Waals surface area contributed by atoms with E-state index in [0.717, 1.165) is 0 Å². The van der Waals surface area contributed by atoms with Gasteiger partial charge in [0.1, 0.15) is 0 Å². The second kappa shape index (κ2) is 3.73. The van der Waals surface area contributed by atoms with Gasteiger partial charge in [-0.3, -0.25) is 4.79 Å². The van der Waals surface area contributed by atoms with Gasteiger partial charge in [-0.1, -0.05) is 0 Å². The topological polar surface area (TPSA) is 83.7 Å². The van der Waals surface area contributed by atoms with Crippen LogP contribution in [-0.4, -0.2) is 9.55 Å². The van der Waals surface area contributed by atoms with Gasteiger partial charge in [0.2, 0.25) is 0 Å². The summed E-state index contributed by atoms with van der Waals surface area (Å²) < 4.78 is 1.46. The fraction of sp³-hybridized carbons (Fsp3) is 0.429. The number of nitrogens with zero attached hydrogens (tertiary/aromatic N) is 5. The third-order valence-electron chi connectivity index (χ3n) is 1.55. The molecule has 0 aromatic carbocycles. The lowest BCUT2D eigenvalue weighted by molar-refractivity contribution is 0.575. The minimum absolute atomic E-state index is 0.0307. The zero-order valence-corrected chi connectivity index (χ0v) is 7.38. The number of azide groups is 1. The Hall–Kier alpha value is -1.81. The maximum atomic E-state index is 11.4. The third-order valence-corrected chi connectivity index (χ3v) is 1.55. The minimum atomic E-state index is -0.365. The maximum absolute atomic E-state index is 11.4. The predicted molar refractivity (Wildman–Crippen MR) is 47.7 cm³/mol. The number of rotatable bonds is 2. The molecule has 13 heavy (non-hydrogen) atoms. The van der Waals surface area contributed by atoms with Crippen LogP contribution < -0.4 is 5.56 Å². The summed E-state index contributed by atoms with van der Waals surface area (Å²) in [6.07, 6.45) is 2.99. The molecule has 0 amide bonds. The molecule has 0 atom stereocenters. The molecule has 1 aromatic heterocycles. The molecule has 0 N–H and O–H groups in total. The quantitative estimate of drug-likeness (QED) is 0.393. The van der Waals surface area contributed by atoms with Crippen molar-refractivity contribution in [2.24, 2.45) is 5.11 Å². The van der Waals surface area contributed by atoms with Crippen LogP contribution in [0.15, 0.2) is 22.3 Å². The van der Waals surface area contributed by atoms with Crippen molar-refractivity contribution in [3.63, 3.8) is 0 Å². The summed E-state index contributed by atoms with van der Waals surface area (Å²) in [6, 6.07) is 0.0307. The monoisotopic (exact) mass is 179 g/mol. The number of hydrogen-bond donors (Lipinski definition) is 0. The van der Waals surface area contributed by atoms with Crippen LogP contribution in [0.4, 0.5) is 5.82 Å². The Labute approximate surface area is 74.5 Å². The van der Waals surface area contributed by atoms with Crippen molar-refractivity contribution in [2.75, 3.05) is 0 Å². The zero-order chi connectivity index (χ0) is 9.84. The highest BCUT2D eigenvalue weighted by Crippen LogP contribution is 2.03. The Balaban J connectivity index is 3.35. The van der Waals surface area contributed by atoms with Crippen molar-refractivity contribution >= 4 is 5.82 Å². The zero-order valence-electron chi connectivity index (χ0n) is 7.38. The minimum Gasteiger partial charge on any atom is -0.310 e. The van der Waals surface area contributed by atoms with E-state index in [-0.39, 0.29) is 17.4 Å². The second-order valence-corrected chi connectivity index (χ2v) is 2.75. The molecule has 0 bridgehead atoms. The van der Waals surface area contributed by atoms with Gasteiger partial charge in [-0.2, -0.15) is 0 Å². The van der Waals surface area contributed by atoms with Crippen molar-refractivity contribution < 1.29 is 0 Å². The van der Waals surface area contributed by atoms with E-state index in [1.807, 2.05) is 13.8 Å². The fourth-order valence-electron chi connectivity index (χ4n) is 0.932. The average Bonchev–Trinajstić information content (AvgIpc) is 2.08. The van der Waals surface area contributed by atoms with Crippen molar-refractivity contribution in [3.8, 4) is 0 Å². The van der Waals surface area contributed by atoms with E-state index in [4.69, 9.17) is 5.53 Å². The Bertz CT molecular complexity index is 402. The molecule has 1 heterocycles. The summed E-state index contributed by atoms with van der Waals surface area (Å²) in [4.78, 5) is 17.6. The van der Waals surface area contributed by atoms with Gasteiger partial charge < -0.3 is 4.57 Å². The Morgan fingerprint density at radius 2 is 2.38 bits per heavy atom. The first-order chi connectivity index (χ1) is 6.16. The van der Waals surface area contributed by atoms with Crippen molar-refractivity contribution in [1.82, 2.24) is 9.55 Å². The molecule has 0 saturated carbocycles. The average molecular weight is 179 g/mol. The molecule has 68 valence electrons. The molecule has 1 aromatic rings. The van der Waals surface area contributed by atoms with E-state index >= 15 is 0 Å². The Morgan fingerprint density at radius 3 is 2.92 bits per heavy atom. The van der Waals surface area contributed by atoms with Crippen LogP contribution in [-0.2, 0) is 0 Å². The maximum Gasteiger partial charge on any atom is 0.279 e. The molecule has 6 heteroatoms. The first-order valence-corrected chi connectivity index (χ1v) is 3.79. The molecule has 6 nitrogen and oxygen atoms in total. The summed E-state index contributed by atoms with van der Waals surface area (Å²) in [5, 5.41) is 3.19. The Kier molecular flexibility index (Phi) is 2.66. The van der Waals surface area contributed by atoms with E-state index < -0.39 is 0 Å². The first kappa shape index (κ1) is 9.28. The molecular weight excluding hydrogens is 170 g/mol. The highest BCUT2D eigenvalue weighted by atomic mass is 16.1. The van der Waals surface area contributed by atoms with E-state index in [1.165, 1.54) is 10.8 Å². The Morgan fingerprint density at radius 1 is 1.69 bits per heavy atom. The summed E-state index contributed by atoms with van der Waals surface area (Å²) in [5.74, 6) is -0.112. The van der Waals surface area contributed by atoms with Gasteiger partial charge in [-0.15, -0.1) is 0 Å². The van der Waals surface area contributed by atoms with E-state index in [0.29, 0.717) is 0 Å². The molecule has 0 unspecified atom stereocenters. The molecular formula is C7H9N5O. The smallest absolute Gasteiger partial charge is 0.279 e. The van der Waals surface area contributed by atoms with Gasteiger partial charge >= 0.3 is 0 Å². The highest BCUT2D eigenvalue weighted by molar-refractivity contribution is 5.21. The summed E-state index contributed by atoms with van der Waals surface area (Å²) >= 11 is 0. The van der Waals surface area contributed by atoms with Gasteiger partial charge in [0.15, 0.2) is 5.82 Å². The molecule has 0 radical (unpaired) electrons. The van der Waals surface area contributed by atoms with Crippen LogP contribution in [0.25, 0.3) is 10.4 Å². The highest BCUT2D eigenvalue weighted by Gasteiger charge is 2.04. The van der Waals surface area contributed by atoms with Gasteiger partial charge in [0.25, 0.3) is 5.56 Å². The van der Waals surface area contributed by atoms with Crippen LogP contribution in [0, 0.1) is 0 Å². The van der Waals surface area contributed by atoms with E-state index in [2.05, 4.69) is 15.0 Å². The van der Waals surface area contributed by atoms with E-state index in [9.17, 15) is 4.79 Å².